The zero-order valence-electron chi connectivity index (χ0n) is 9.13. The fourth-order valence-corrected chi connectivity index (χ4v) is 1.22. The topological polar surface area (TPSA) is 45.1 Å². The second kappa shape index (κ2) is 5.45. The summed E-state index contributed by atoms with van der Waals surface area (Å²) in [4.78, 5) is 3.99. The Labute approximate surface area is 95.5 Å². The van der Waals surface area contributed by atoms with Crippen LogP contribution >= 0.6 is 11.6 Å². The minimum Gasteiger partial charge on any atom is -0.396 e. The average molecular weight is 229 g/mol. The minimum atomic E-state index is -0.0835. The van der Waals surface area contributed by atoms with Crippen molar-refractivity contribution in [3.63, 3.8) is 0 Å². The molecule has 1 rings (SSSR count). The van der Waals surface area contributed by atoms with Gasteiger partial charge in [-0.15, -0.1) is 0 Å². The van der Waals surface area contributed by atoms with Gasteiger partial charge in [-0.2, -0.15) is 0 Å². The predicted molar refractivity (Wildman–Crippen MR) is 61.8 cm³/mol. The van der Waals surface area contributed by atoms with Crippen molar-refractivity contribution in [1.82, 2.24) is 10.3 Å². The van der Waals surface area contributed by atoms with Gasteiger partial charge in [0.05, 0.1) is 0 Å². The Balaban J connectivity index is 2.35. The highest BCUT2D eigenvalue weighted by Crippen LogP contribution is 2.11. The molecule has 1 aromatic heterocycles. The number of nitrogens with zero attached hydrogens (tertiary/aromatic N) is 1. The van der Waals surface area contributed by atoms with Crippen molar-refractivity contribution in [3.8, 4) is 0 Å². The van der Waals surface area contributed by atoms with Crippen LogP contribution in [0.3, 0.4) is 0 Å². The molecule has 4 heteroatoms. The van der Waals surface area contributed by atoms with Gasteiger partial charge in [-0.05, 0) is 11.6 Å². The first-order chi connectivity index (χ1) is 7.03. The number of rotatable bonds is 5. The van der Waals surface area contributed by atoms with E-state index in [-0.39, 0.29) is 12.0 Å². The Kier molecular flexibility index (Phi) is 4.51. The molecule has 0 fully saturated rings. The van der Waals surface area contributed by atoms with Gasteiger partial charge in [0, 0.05) is 31.3 Å². The van der Waals surface area contributed by atoms with E-state index in [1.807, 2.05) is 19.9 Å². The molecule has 84 valence electrons. The first kappa shape index (κ1) is 12.4. The summed E-state index contributed by atoms with van der Waals surface area (Å²) < 4.78 is 0. The summed E-state index contributed by atoms with van der Waals surface area (Å²) in [5.74, 6) is 0. The largest absolute Gasteiger partial charge is 0.396 e. The first-order valence-corrected chi connectivity index (χ1v) is 5.33. The van der Waals surface area contributed by atoms with E-state index in [9.17, 15) is 0 Å². The van der Waals surface area contributed by atoms with E-state index in [1.54, 1.807) is 12.3 Å². The lowest BCUT2D eigenvalue weighted by Crippen LogP contribution is -2.31. The van der Waals surface area contributed by atoms with E-state index in [2.05, 4.69) is 10.3 Å². The molecule has 0 aliphatic heterocycles. The summed E-state index contributed by atoms with van der Waals surface area (Å²) in [7, 11) is 0. The van der Waals surface area contributed by atoms with E-state index in [1.165, 1.54) is 0 Å². The van der Waals surface area contributed by atoms with Crippen LogP contribution in [-0.2, 0) is 6.54 Å². The van der Waals surface area contributed by atoms with Crippen LogP contribution in [0.15, 0.2) is 18.3 Å². The van der Waals surface area contributed by atoms with Crippen molar-refractivity contribution in [2.45, 2.75) is 20.4 Å². The molecule has 1 heterocycles. The molecule has 2 N–H and O–H groups in total. The van der Waals surface area contributed by atoms with E-state index in [0.717, 1.165) is 18.7 Å². The van der Waals surface area contributed by atoms with E-state index >= 15 is 0 Å². The Hall–Kier alpha value is -0.640. The summed E-state index contributed by atoms with van der Waals surface area (Å²) >= 11 is 5.68. The van der Waals surface area contributed by atoms with Crippen LogP contribution in [0.5, 0.6) is 0 Å². The zero-order chi connectivity index (χ0) is 11.3. The third-order valence-electron chi connectivity index (χ3n) is 2.15. The zero-order valence-corrected chi connectivity index (χ0v) is 9.88. The second-order valence-electron chi connectivity index (χ2n) is 4.42. The van der Waals surface area contributed by atoms with Crippen LogP contribution in [0.1, 0.15) is 19.4 Å². The average Bonchev–Trinajstić information content (AvgIpc) is 2.21. The Bertz CT molecular complexity index is 298. The molecule has 0 aromatic carbocycles. The highest BCUT2D eigenvalue weighted by Gasteiger charge is 2.15. The molecule has 0 amide bonds. The number of halogens is 1. The number of hydrogen-bond acceptors (Lipinski definition) is 3. The molecule has 0 atom stereocenters. The summed E-state index contributed by atoms with van der Waals surface area (Å²) in [6.45, 7) is 5.72. The molecule has 0 spiro atoms. The van der Waals surface area contributed by atoms with E-state index in [4.69, 9.17) is 16.7 Å². The lowest BCUT2D eigenvalue weighted by molar-refractivity contribution is 0.156. The van der Waals surface area contributed by atoms with Gasteiger partial charge in [0.15, 0.2) is 0 Å². The first-order valence-electron chi connectivity index (χ1n) is 4.95. The van der Waals surface area contributed by atoms with Gasteiger partial charge in [-0.25, -0.2) is 4.98 Å². The number of hydrogen-bond donors (Lipinski definition) is 2. The van der Waals surface area contributed by atoms with Gasteiger partial charge in [0.2, 0.25) is 0 Å². The molecule has 0 bridgehead atoms. The van der Waals surface area contributed by atoms with Crippen molar-refractivity contribution in [1.29, 1.82) is 0 Å². The number of aliphatic hydroxyl groups excluding tert-OH is 1. The van der Waals surface area contributed by atoms with Crippen LogP contribution in [-0.4, -0.2) is 23.2 Å². The van der Waals surface area contributed by atoms with Crippen LogP contribution in [0.2, 0.25) is 5.15 Å². The molecule has 0 unspecified atom stereocenters. The second-order valence-corrected chi connectivity index (χ2v) is 4.80. The third-order valence-corrected chi connectivity index (χ3v) is 2.37. The van der Waals surface area contributed by atoms with Crippen LogP contribution in [0.4, 0.5) is 0 Å². The fraction of sp³-hybridized carbons (Fsp3) is 0.545. The molecular formula is C11H17ClN2O. The molecular weight excluding hydrogens is 212 g/mol. The Morgan fingerprint density at radius 2 is 2.20 bits per heavy atom. The van der Waals surface area contributed by atoms with Crippen LogP contribution < -0.4 is 5.32 Å². The SMILES string of the molecule is CC(C)(CO)CNCc1ccc(Cl)nc1. The number of aromatic nitrogens is 1. The van der Waals surface area contributed by atoms with Gasteiger partial charge in [-0.3, -0.25) is 0 Å². The van der Waals surface area contributed by atoms with Crippen molar-refractivity contribution in [2.24, 2.45) is 5.41 Å². The Morgan fingerprint density at radius 3 is 2.73 bits per heavy atom. The van der Waals surface area contributed by atoms with Crippen molar-refractivity contribution in [2.75, 3.05) is 13.2 Å². The van der Waals surface area contributed by atoms with E-state index in [0.29, 0.717) is 5.15 Å². The lowest BCUT2D eigenvalue weighted by atomic mass is 9.95. The van der Waals surface area contributed by atoms with Crippen molar-refractivity contribution in [3.05, 3.63) is 29.0 Å². The molecule has 0 aliphatic rings. The summed E-state index contributed by atoms with van der Waals surface area (Å²) in [6, 6.07) is 3.71. The molecule has 3 nitrogen and oxygen atoms in total. The highest BCUT2D eigenvalue weighted by atomic mass is 35.5. The fourth-order valence-electron chi connectivity index (χ4n) is 1.11. The number of pyridine rings is 1. The van der Waals surface area contributed by atoms with Gasteiger partial charge in [0.25, 0.3) is 0 Å². The maximum atomic E-state index is 9.06. The molecule has 0 saturated carbocycles. The van der Waals surface area contributed by atoms with Crippen LogP contribution in [0, 0.1) is 5.41 Å². The van der Waals surface area contributed by atoms with Gasteiger partial charge >= 0.3 is 0 Å². The summed E-state index contributed by atoms with van der Waals surface area (Å²) in [6.07, 6.45) is 1.75. The number of nitrogens with one attached hydrogen (secondary N) is 1. The monoisotopic (exact) mass is 228 g/mol. The molecule has 0 saturated heterocycles. The minimum absolute atomic E-state index is 0.0835. The predicted octanol–water partition coefficient (Wildman–Crippen LogP) is 1.84. The van der Waals surface area contributed by atoms with Gasteiger partial charge in [-0.1, -0.05) is 31.5 Å². The maximum absolute atomic E-state index is 9.06. The number of aliphatic hydroxyl groups is 1. The maximum Gasteiger partial charge on any atom is 0.129 e. The molecule has 0 aliphatic carbocycles. The smallest absolute Gasteiger partial charge is 0.129 e. The third kappa shape index (κ3) is 4.60. The quantitative estimate of drug-likeness (QED) is 0.756. The summed E-state index contributed by atoms with van der Waals surface area (Å²) in [5.41, 5.74) is 1.01. The standard InChI is InChI=1S/C11H17ClN2O/c1-11(2,8-15)7-13-5-9-3-4-10(12)14-6-9/h3-4,6,13,15H,5,7-8H2,1-2H3. The molecule has 1 aromatic rings. The van der Waals surface area contributed by atoms with E-state index < -0.39 is 0 Å². The highest BCUT2D eigenvalue weighted by molar-refractivity contribution is 6.29. The molecule has 15 heavy (non-hydrogen) atoms. The lowest BCUT2D eigenvalue weighted by Gasteiger charge is -2.21. The Morgan fingerprint density at radius 1 is 1.47 bits per heavy atom. The molecule has 0 radical (unpaired) electrons. The van der Waals surface area contributed by atoms with Gasteiger partial charge in [0.1, 0.15) is 5.15 Å². The normalized spacial score (nSPS) is 11.7. The summed E-state index contributed by atoms with van der Waals surface area (Å²) in [5, 5.41) is 12.8. The van der Waals surface area contributed by atoms with Crippen molar-refractivity contribution < 1.29 is 5.11 Å². The van der Waals surface area contributed by atoms with Gasteiger partial charge < -0.3 is 10.4 Å². The van der Waals surface area contributed by atoms with Crippen LogP contribution in [0.25, 0.3) is 0 Å². The van der Waals surface area contributed by atoms with Crippen molar-refractivity contribution >= 4 is 11.6 Å².